The molecule has 0 bridgehead atoms. The zero-order valence-corrected chi connectivity index (χ0v) is 16.9. The van der Waals surface area contributed by atoms with E-state index in [0.717, 1.165) is 36.1 Å². The van der Waals surface area contributed by atoms with Crippen molar-refractivity contribution in [1.82, 2.24) is 0 Å². The Morgan fingerprint density at radius 2 is 2.14 bits per heavy atom. The Morgan fingerprint density at radius 3 is 2.82 bits per heavy atom. The molecule has 142 valence electrons. The number of anilines is 1. The van der Waals surface area contributed by atoms with Crippen LogP contribution in [-0.2, 0) is 17.6 Å². The highest BCUT2D eigenvalue weighted by atomic mass is 35.5. The van der Waals surface area contributed by atoms with E-state index in [0.29, 0.717) is 33.5 Å². The molecule has 1 aromatic heterocycles. The van der Waals surface area contributed by atoms with Gasteiger partial charge in [0.2, 0.25) is 0 Å². The van der Waals surface area contributed by atoms with E-state index in [1.165, 1.54) is 17.4 Å². The van der Waals surface area contributed by atoms with E-state index >= 15 is 0 Å². The molecule has 0 saturated carbocycles. The minimum Gasteiger partial charge on any atom is -0.492 e. The molecule has 7 heteroatoms. The van der Waals surface area contributed by atoms with Gasteiger partial charge in [-0.25, -0.2) is 0 Å². The standard InChI is InChI=1S/C21H18ClN3O2S/c1-2-27-18-8-7-13(10-17(18)22)9-14(11-23)20(26)25-21-16(12-24)15-5-3-4-6-19(15)28-21/h7-10H,2-6H2,1H3,(H,25,26)/b14-9+. The van der Waals surface area contributed by atoms with Gasteiger partial charge in [-0.15, -0.1) is 11.3 Å². The summed E-state index contributed by atoms with van der Waals surface area (Å²) in [6.07, 6.45) is 5.39. The van der Waals surface area contributed by atoms with Gasteiger partial charge in [0, 0.05) is 4.88 Å². The maximum Gasteiger partial charge on any atom is 0.266 e. The molecule has 1 N–H and O–H groups in total. The number of halogens is 1. The van der Waals surface area contributed by atoms with Gasteiger partial charge in [0.1, 0.15) is 28.5 Å². The summed E-state index contributed by atoms with van der Waals surface area (Å²) in [5.41, 5.74) is 2.12. The molecule has 0 aliphatic heterocycles. The SMILES string of the molecule is CCOc1ccc(/C=C(\C#N)C(=O)Nc2sc3c(c2C#N)CCCC3)cc1Cl. The fraction of sp³-hybridized carbons (Fsp3) is 0.286. The van der Waals surface area contributed by atoms with E-state index in [1.807, 2.05) is 13.0 Å². The van der Waals surface area contributed by atoms with Crippen LogP contribution in [0.15, 0.2) is 23.8 Å². The number of nitriles is 2. The quantitative estimate of drug-likeness (QED) is 0.548. The number of fused-ring (bicyclic) bond motifs is 1. The summed E-state index contributed by atoms with van der Waals surface area (Å²) in [5, 5.41) is 22.6. The molecule has 0 spiro atoms. The summed E-state index contributed by atoms with van der Waals surface area (Å²) in [7, 11) is 0. The third-order valence-corrected chi connectivity index (χ3v) is 5.94. The second kappa shape index (κ2) is 8.93. The van der Waals surface area contributed by atoms with E-state index in [-0.39, 0.29) is 5.57 Å². The fourth-order valence-corrected chi connectivity index (χ4v) is 4.62. The van der Waals surface area contributed by atoms with E-state index in [2.05, 4.69) is 11.4 Å². The smallest absolute Gasteiger partial charge is 0.266 e. The maximum absolute atomic E-state index is 12.6. The number of rotatable bonds is 5. The summed E-state index contributed by atoms with van der Waals surface area (Å²) in [5.74, 6) is 0.00899. The van der Waals surface area contributed by atoms with Crippen molar-refractivity contribution in [2.24, 2.45) is 0 Å². The van der Waals surface area contributed by atoms with Crippen LogP contribution in [-0.4, -0.2) is 12.5 Å². The first kappa shape index (κ1) is 19.9. The van der Waals surface area contributed by atoms with Crippen LogP contribution in [0.2, 0.25) is 5.02 Å². The number of thiophene rings is 1. The first-order valence-electron chi connectivity index (χ1n) is 8.97. The van der Waals surface area contributed by atoms with Crippen LogP contribution in [0.3, 0.4) is 0 Å². The number of nitrogens with zero attached hydrogens (tertiary/aromatic N) is 2. The second-order valence-electron chi connectivity index (χ2n) is 6.27. The van der Waals surface area contributed by atoms with Crippen molar-refractivity contribution >= 4 is 39.9 Å². The first-order valence-corrected chi connectivity index (χ1v) is 10.2. The predicted octanol–water partition coefficient (Wildman–Crippen LogP) is 5.10. The van der Waals surface area contributed by atoms with Gasteiger partial charge >= 0.3 is 0 Å². The van der Waals surface area contributed by atoms with Crippen LogP contribution in [0, 0.1) is 22.7 Å². The lowest BCUT2D eigenvalue weighted by Gasteiger charge is -2.09. The van der Waals surface area contributed by atoms with E-state index in [9.17, 15) is 15.3 Å². The third kappa shape index (κ3) is 4.20. The highest BCUT2D eigenvalue weighted by molar-refractivity contribution is 7.16. The third-order valence-electron chi connectivity index (χ3n) is 4.44. The van der Waals surface area contributed by atoms with Gasteiger partial charge in [0.15, 0.2) is 0 Å². The Morgan fingerprint density at radius 1 is 1.36 bits per heavy atom. The molecule has 28 heavy (non-hydrogen) atoms. The van der Waals surface area contributed by atoms with Crippen molar-refractivity contribution in [1.29, 1.82) is 10.5 Å². The highest BCUT2D eigenvalue weighted by Crippen LogP contribution is 2.37. The van der Waals surface area contributed by atoms with Gasteiger partial charge < -0.3 is 10.1 Å². The van der Waals surface area contributed by atoms with Gasteiger partial charge in [-0.3, -0.25) is 4.79 Å². The monoisotopic (exact) mass is 411 g/mol. The molecule has 1 aliphatic rings. The van der Waals surface area contributed by atoms with Crippen LogP contribution in [0.1, 0.15) is 41.3 Å². The summed E-state index contributed by atoms with van der Waals surface area (Å²) in [6.45, 7) is 2.35. The lowest BCUT2D eigenvalue weighted by molar-refractivity contribution is -0.112. The molecular weight excluding hydrogens is 394 g/mol. The number of amides is 1. The Bertz CT molecular complexity index is 1030. The van der Waals surface area contributed by atoms with Crippen LogP contribution in [0.5, 0.6) is 5.75 Å². The first-order chi connectivity index (χ1) is 13.6. The zero-order valence-electron chi connectivity index (χ0n) is 15.3. The highest BCUT2D eigenvalue weighted by Gasteiger charge is 2.22. The van der Waals surface area contributed by atoms with Crippen molar-refractivity contribution in [3.05, 3.63) is 50.4 Å². The van der Waals surface area contributed by atoms with E-state index < -0.39 is 5.91 Å². The normalized spacial score (nSPS) is 13.2. The second-order valence-corrected chi connectivity index (χ2v) is 7.79. The number of nitrogens with one attached hydrogen (secondary N) is 1. The molecule has 1 aliphatic carbocycles. The molecule has 1 amide bonds. The molecule has 5 nitrogen and oxygen atoms in total. The minimum atomic E-state index is -0.539. The van der Waals surface area contributed by atoms with Crippen LogP contribution >= 0.6 is 22.9 Å². The average Bonchev–Trinajstić information content (AvgIpc) is 3.04. The average molecular weight is 412 g/mol. The Kier molecular flexibility index (Phi) is 6.36. The lowest BCUT2D eigenvalue weighted by atomic mass is 9.96. The summed E-state index contributed by atoms with van der Waals surface area (Å²) in [6, 6.07) is 9.20. The van der Waals surface area contributed by atoms with Crippen LogP contribution in [0.4, 0.5) is 5.00 Å². The molecule has 0 unspecified atom stereocenters. The molecule has 1 aromatic carbocycles. The minimum absolute atomic E-state index is 0.0597. The summed E-state index contributed by atoms with van der Waals surface area (Å²) in [4.78, 5) is 13.8. The molecule has 0 atom stereocenters. The number of hydrogen-bond donors (Lipinski definition) is 1. The van der Waals surface area contributed by atoms with E-state index in [4.69, 9.17) is 16.3 Å². The molecule has 0 fully saturated rings. The topological polar surface area (TPSA) is 85.9 Å². The number of benzene rings is 1. The number of carbonyl (C=O) groups excluding carboxylic acids is 1. The zero-order chi connectivity index (χ0) is 20.1. The van der Waals surface area contributed by atoms with Crippen molar-refractivity contribution in [2.75, 3.05) is 11.9 Å². The fourth-order valence-electron chi connectivity index (χ4n) is 3.14. The molecule has 3 rings (SSSR count). The molecule has 0 saturated heterocycles. The van der Waals surface area contributed by atoms with Crippen LogP contribution < -0.4 is 10.1 Å². The molecule has 0 radical (unpaired) electrons. The van der Waals surface area contributed by atoms with Gasteiger partial charge in [-0.1, -0.05) is 17.7 Å². The largest absolute Gasteiger partial charge is 0.492 e. The van der Waals surface area contributed by atoms with Gasteiger partial charge in [-0.2, -0.15) is 10.5 Å². The number of ether oxygens (including phenoxy) is 1. The summed E-state index contributed by atoms with van der Waals surface area (Å²) < 4.78 is 5.39. The lowest BCUT2D eigenvalue weighted by Crippen LogP contribution is -2.13. The Labute approximate surface area is 172 Å². The van der Waals surface area contributed by atoms with E-state index in [1.54, 1.807) is 18.2 Å². The Balaban J connectivity index is 1.84. The van der Waals surface area contributed by atoms with Gasteiger partial charge in [-0.05, 0) is 61.9 Å². The maximum atomic E-state index is 12.6. The van der Waals surface area contributed by atoms with Crippen molar-refractivity contribution < 1.29 is 9.53 Å². The molecule has 1 heterocycles. The number of aryl methyl sites for hydroxylation is 1. The number of hydrogen-bond acceptors (Lipinski definition) is 5. The van der Waals surface area contributed by atoms with Crippen molar-refractivity contribution in [3.8, 4) is 17.9 Å². The number of carbonyl (C=O) groups is 1. The van der Waals surface area contributed by atoms with Gasteiger partial charge in [0.25, 0.3) is 5.91 Å². The summed E-state index contributed by atoms with van der Waals surface area (Å²) >= 11 is 7.60. The predicted molar refractivity (Wildman–Crippen MR) is 111 cm³/mol. The van der Waals surface area contributed by atoms with Crippen LogP contribution in [0.25, 0.3) is 6.08 Å². The van der Waals surface area contributed by atoms with Gasteiger partial charge in [0.05, 0.1) is 17.2 Å². The van der Waals surface area contributed by atoms with Crippen molar-refractivity contribution in [2.45, 2.75) is 32.6 Å². The molecule has 2 aromatic rings. The Hall–Kier alpha value is -2.80. The van der Waals surface area contributed by atoms with Crippen molar-refractivity contribution in [3.63, 3.8) is 0 Å². The molecular formula is C21H18ClN3O2S.